The number of hydrogen-bond acceptors (Lipinski definition) is 4. The maximum absolute atomic E-state index is 5.25. The number of nitrogens with zero attached hydrogens (tertiary/aromatic N) is 4. The van der Waals surface area contributed by atoms with Gasteiger partial charge in [-0.25, -0.2) is 9.50 Å². The lowest BCUT2D eigenvalue weighted by molar-refractivity contribution is 0.130. The van der Waals surface area contributed by atoms with Gasteiger partial charge in [0.25, 0.3) is 0 Å². The number of methoxy groups -OCH3 is 1. The van der Waals surface area contributed by atoms with Crippen molar-refractivity contribution in [1.29, 1.82) is 0 Å². The van der Waals surface area contributed by atoms with Crippen molar-refractivity contribution in [3.05, 3.63) is 53.5 Å². The summed E-state index contributed by atoms with van der Waals surface area (Å²) in [5, 5.41) is 5.68. The summed E-state index contributed by atoms with van der Waals surface area (Å²) < 4.78 is 7.14. The summed E-state index contributed by atoms with van der Waals surface area (Å²) in [5.74, 6) is 1.05. The minimum Gasteiger partial charge on any atom is -0.383 e. The van der Waals surface area contributed by atoms with Gasteiger partial charge in [-0.15, -0.1) is 0 Å². The lowest BCUT2D eigenvalue weighted by Crippen LogP contribution is -2.35. The number of piperidine rings is 1. The molecule has 1 aromatic carbocycles. The normalized spacial score (nSPS) is 16.0. The van der Waals surface area contributed by atoms with E-state index in [-0.39, 0.29) is 0 Å². The molecule has 6 heteroatoms. The Labute approximate surface area is 189 Å². The van der Waals surface area contributed by atoms with Crippen molar-refractivity contribution in [2.24, 2.45) is 0 Å². The number of benzene rings is 1. The zero-order valence-electron chi connectivity index (χ0n) is 19.6. The van der Waals surface area contributed by atoms with Crippen LogP contribution in [0.15, 0.2) is 36.7 Å². The Morgan fingerprint density at radius 1 is 1.16 bits per heavy atom. The van der Waals surface area contributed by atoms with Gasteiger partial charge in [0.1, 0.15) is 6.33 Å². The van der Waals surface area contributed by atoms with E-state index in [1.54, 1.807) is 13.4 Å². The highest BCUT2D eigenvalue weighted by molar-refractivity contribution is 5.92. The van der Waals surface area contributed by atoms with Crippen LogP contribution in [0.3, 0.4) is 0 Å². The molecular weight excluding hydrogens is 398 g/mol. The number of hydrogen-bond donors (Lipinski definition) is 1. The Balaban J connectivity index is 1.50. The highest BCUT2D eigenvalue weighted by Gasteiger charge is 2.23. The van der Waals surface area contributed by atoms with Gasteiger partial charge in [0.2, 0.25) is 0 Å². The molecular formula is C26H33N5O. The average molecular weight is 432 g/mol. The smallest absolute Gasteiger partial charge is 0.156 e. The minimum atomic E-state index is 0.416. The SMILES string of the molecule is COCCN1CCC(c2ccc3[nH]c(-c4cc(C)n5ncnc5c4)c(C(C)C)c3c2)CC1. The molecule has 0 spiro atoms. The van der Waals surface area contributed by atoms with Crippen molar-refractivity contribution in [2.45, 2.75) is 45.4 Å². The third-order valence-electron chi connectivity index (χ3n) is 6.96. The van der Waals surface area contributed by atoms with Gasteiger partial charge in [-0.3, -0.25) is 0 Å². The molecule has 3 aromatic heterocycles. The predicted octanol–water partition coefficient (Wildman–Crippen LogP) is 5.14. The Morgan fingerprint density at radius 3 is 2.72 bits per heavy atom. The number of rotatable bonds is 6. The molecule has 1 aliphatic heterocycles. The second kappa shape index (κ2) is 8.68. The van der Waals surface area contributed by atoms with E-state index >= 15 is 0 Å². The first-order chi connectivity index (χ1) is 15.5. The zero-order valence-corrected chi connectivity index (χ0v) is 19.6. The second-order valence-corrected chi connectivity index (χ2v) is 9.40. The van der Waals surface area contributed by atoms with Gasteiger partial charge < -0.3 is 14.6 Å². The first-order valence-corrected chi connectivity index (χ1v) is 11.7. The van der Waals surface area contributed by atoms with E-state index in [1.807, 2.05) is 4.52 Å². The maximum Gasteiger partial charge on any atom is 0.156 e. The summed E-state index contributed by atoms with van der Waals surface area (Å²) in [6.07, 6.45) is 4.05. The summed E-state index contributed by atoms with van der Waals surface area (Å²) in [4.78, 5) is 10.7. The van der Waals surface area contributed by atoms with Crippen molar-refractivity contribution >= 4 is 16.6 Å². The van der Waals surface area contributed by atoms with Crippen molar-refractivity contribution in [3.8, 4) is 11.3 Å². The van der Waals surface area contributed by atoms with Crippen LogP contribution in [0.5, 0.6) is 0 Å². The van der Waals surface area contributed by atoms with E-state index in [0.717, 1.165) is 37.6 Å². The molecule has 0 aliphatic carbocycles. The van der Waals surface area contributed by atoms with Gasteiger partial charge in [-0.05, 0) is 80.1 Å². The monoisotopic (exact) mass is 431 g/mol. The van der Waals surface area contributed by atoms with E-state index in [0.29, 0.717) is 11.8 Å². The van der Waals surface area contributed by atoms with Crippen molar-refractivity contribution in [3.63, 3.8) is 0 Å². The van der Waals surface area contributed by atoms with Crippen molar-refractivity contribution in [2.75, 3.05) is 33.4 Å². The molecule has 4 aromatic rings. The molecule has 1 fully saturated rings. The van der Waals surface area contributed by atoms with Crippen molar-refractivity contribution in [1.82, 2.24) is 24.5 Å². The quantitative estimate of drug-likeness (QED) is 0.459. The molecule has 0 radical (unpaired) electrons. The fourth-order valence-corrected chi connectivity index (χ4v) is 5.25. The molecule has 1 saturated heterocycles. The first-order valence-electron chi connectivity index (χ1n) is 11.7. The van der Waals surface area contributed by atoms with E-state index in [9.17, 15) is 0 Å². The Kier molecular flexibility index (Phi) is 5.74. The van der Waals surface area contributed by atoms with Crippen LogP contribution in [0.1, 0.15) is 55.3 Å². The third-order valence-corrected chi connectivity index (χ3v) is 6.96. The minimum absolute atomic E-state index is 0.416. The topological polar surface area (TPSA) is 58.5 Å². The molecule has 5 rings (SSSR count). The molecule has 0 amide bonds. The Bertz CT molecular complexity index is 1230. The van der Waals surface area contributed by atoms with E-state index in [2.05, 4.69) is 71.1 Å². The van der Waals surface area contributed by atoms with Crippen LogP contribution in [-0.4, -0.2) is 57.8 Å². The summed E-state index contributed by atoms with van der Waals surface area (Å²) in [6.45, 7) is 10.8. The standard InChI is InChI=1S/C26H33N5O/c1-17(2)25-22-14-20(19-7-9-30(10-8-19)11-12-32-4)5-6-23(22)29-26(25)21-13-18(3)31-24(15-21)27-16-28-31/h5-6,13-17,19,29H,7-12H2,1-4H3. The largest absolute Gasteiger partial charge is 0.383 e. The van der Waals surface area contributed by atoms with Crippen LogP contribution in [0.4, 0.5) is 0 Å². The van der Waals surface area contributed by atoms with Crippen LogP contribution < -0.4 is 0 Å². The zero-order chi connectivity index (χ0) is 22.2. The Hall–Kier alpha value is -2.70. The van der Waals surface area contributed by atoms with Crippen LogP contribution >= 0.6 is 0 Å². The van der Waals surface area contributed by atoms with Crippen molar-refractivity contribution < 1.29 is 4.74 Å². The third kappa shape index (κ3) is 3.82. The number of H-pyrrole nitrogens is 1. The van der Waals surface area contributed by atoms with E-state index < -0.39 is 0 Å². The summed E-state index contributed by atoms with van der Waals surface area (Å²) in [5.41, 5.74) is 8.43. The molecule has 168 valence electrons. The number of aryl methyl sites for hydroxylation is 1. The fraction of sp³-hybridized carbons (Fsp3) is 0.462. The molecule has 1 aliphatic rings. The molecule has 0 atom stereocenters. The summed E-state index contributed by atoms with van der Waals surface area (Å²) in [6, 6.07) is 11.4. The number of likely N-dealkylation sites (tertiary alicyclic amines) is 1. The van der Waals surface area contributed by atoms with Gasteiger partial charge in [0.15, 0.2) is 5.65 Å². The van der Waals surface area contributed by atoms with Crippen LogP contribution in [0, 0.1) is 6.92 Å². The van der Waals surface area contributed by atoms with E-state index in [1.165, 1.54) is 46.1 Å². The van der Waals surface area contributed by atoms with Gasteiger partial charge in [-0.2, -0.15) is 5.10 Å². The van der Waals surface area contributed by atoms with Gasteiger partial charge >= 0.3 is 0 Å². The average Bonchev–Trinajstić information content (AvgIpc) is 3.42. The second-order valence-electron chi connectivity index (χ2n) is 9.40. The predicted molar refractivity (Wildman–Crippen MR) is 129 cm³/mol. The molecule has 4 heterocycles. The first kappa shape index (κ1) is 21.2. The molecule has 6 nitrogen and oxygen atoms in total. The highest BCUT2D eigenvalue weighted by atomic mass is 16.5. The molecule has 1 N–H and O–H groups in total. The maximum atomic E-state index is 5.25. The fourth-order valence-electron chi connectivity index (χ4n) is 5.25. The molecule has 0 saturated carbocycles. The summed E-state index contributed by atoms with van der Waals surface area (Å²) >= 11 is 0. The summed E-state index contributed by atoms with van der Waals surface area (Å²) in [7, 11) is 1.78. The van der Waals surface area contributed by atoms with Crippen LogP contribution in [-0.2, 0) is 4.74 Å². The Morgan fingerprint density at radius 2 is 1.97 bits per heavy atom. The van der Waals surface area contributed by atoms with E-state index in [4.69, 9.17) is 4.74 Å². The number of fused-ring (bicyclic) bond motifs is 2. The van der Waals surface area contributed by atoms with Gasteiger partial charge in [0, 0.05) is 35.8 Å². The van der Waals surface area contributed by atoms with Gasteiger partial charge in [0.05, 0.1) is 12.3 Å². The lowest BCUT2D eigenvalue weighted by Gasteiger charge is -2.32. The van der Waals surface area contributed by atoms with Gasteiger partial charge in [-0.1, -0.05) is 19.9 Å². The van der Waals surface area contributed by atoms with Crippen LogP contribution in [0.2, 0.25) is 0 Å². The number of aromatic nitrogens is 4. The lowest BCUT2D eigenvalue weighted by atomic mass is 9.87. The number of aromatic amines is 1. The number of pyridine rings is 1. The highest BCUT2D eigenvalue weighted by Crippen LogP contribution is 2.38. The number of nitrogens with one attached hydrogen (secondary N) is 1. The molecule has 0 unspecified atom stereocenters. The van der Waals surface area contributed by atoms with Crippen LogP contribution in [0.25, 0.3) is 27.8 Å². The molecule has 0 bridgehead atoms. The number of ether oxygens (including phenoxy) is 1. The molecule has 32 heavy (non-hydrogen) atoms.